The van der Waals surface area contributed by atoms with Gasteiger partial charge >= 0.3 is 6.03 Å². The number of hydrogen-bond acceptors (Lipinski definition) is 7. The number of piperidine rings is 1. The molecule has 5 rings (SSSR count). The molecule has 5 aliphatic rings. The lowest BCUT2D eigenvalue weighted by molar-refractivity contribution is -0.144. The van der Waals surface area contributed by atoms with Crippen molar-refractivity contribution in [2.24, 2.45) is 23.2 Å². The lowest BCUT2D eigenvalue weighted by atomic mass is 9.78. The van der Waals surface area contributed by atoms with Gasteiger partial charge in [0.1, 0.15) is 12.1 Å². The number of Topliss-reactive ketones (excluding diaryl/α,β-unsaturated/α-hetero) is 1. The maximum Gasteiger partial charge on any atom is 0.315 e. The first kappa shape index (κ1) is 38.5. The van der Waals surface area contributed by atoms with Crippen LogP contribution in [0.4, 0.5) is 4.79 Å². The van der Waals surface area contributed by atoms with E-state index in [9.17, 15) is 32.4 Å². The highest BCUT2D eigenvalue weighted by atomic mass is 32.2. The summed E-state index contributed by atoms with van der Waals surface area (Å²) >= 11 is 0. The summed E-state index contributed by atoms with van der Waals surface area (Å²) in [6.07, 6.45) is 11.9. The molecule has 12 nitrogen and oxygen atoms in total. The normalized spacial score (nSPS) is 29.2. The van der Waals surface area contributed by atoms with Crippen LogP contribution in [0, 0.1) is 23.2 Å². The summed E-state index contributed by atoms with van der Waals surface area (Å²) in [5.41, 5.74) is -1.03. The number of carbonyl (C=O) groups is 5. The lowest BCUT2D eigenvalue weighted by Gasteiger charge is -2.43. The van der Waals surface area contributed by atoms with Crippen molar-refractivity contribution in [3.63, 3.8) is 0 Å². The number of nitrogens with one attached hydrogen (secondary N) is 4. The van der Waals surface area contributed by atoms with Gasteiger partial charge in [-0.2, -0.15) is 0 Å². The third-order valence-electron chi connectivity index (χ3n) is 12.7. The van der Waals surface area contributed by atoms with E-state index in [1.54, 1.807) is 4.90 Å². The summed E-state index contributed by atoms with van der Waals surface area (Å²) < 4.78 is 26.3. The van der Waals surface area contributed by atoms with Gasteiger partial charge in [0.05, 0.1) is 22.6 Å². The number of sulfone groups is 1. The van der Waals surface area contributed by atoms with Crippen LogP contribution >= 0.6 is 0 Å². The van der Waals surface area contributed by atoms with Crippen molar-refractivity contribution >= 4 is 39.4 Å². The predicted molar refractivity (Wildman–Crippen MR) is 191 cm³/mol. The van der Waals surface area contributed by atoms with E-state index in [0.717, 1.165) is 57.8 Å². The SMILES string of the molecule is CCCC[C@H](NC(=O)[C@@H]1[C@@H]2[C@H](CN1C(=O)[C@@H](NC(=O)NC1([C@H]3CCCS3(=O)=O)CCCCC1)C1CCCCC1)C2(C)C)C(=O)C(=O)NCCC. The summed E-state index contributed by atoms with van der Waals surface area (Å²) in [4.78, 5) is 70.3. The summed E-state index contributed by atoms with van der Waals surface area (Å²) in [7, 11) is -3.34. The van der Waals surface area contributed by atoms with Gasteiger partial charge in [0.15, 0.2) is 9.84 Å². The number of urea groups is 1. The molecule has 2 heterocycles. The van der Waals surface area contributed by atoms with Gasteiger partial charge in [0, 0.05) is 13.1 Å². The zero-order valence-electron chi connectivity index (χ0n) is 30.7. The third-order valence-corrected chi connectivity index (χ3v) is 15.1. The minimum Gasteiger partial charge on any atom is -0.349 e. The van der Waals surface area contributed by atoms with Crippen LogP contribution in [-0.2, 0) is 29.0 Å². The van der Waals surface area contributed by atoms with Crippen molar-refractivity contribution in [1.29, 1.82) is 0 Å². The van der Waals surface area contributed by atoms with Crippen LogP contribution in [0.5, 0.6) is 0 Å². The second-order valence-corrected chi connectivity index (χ2v) is 18.7. The largest absolute Gasteiger partial charge is 0.349 e. The molecule has 0 radical (unpaired) electrons. The van der Waals surface area contributed by atoms with Crippen LogP contribution in [0.3, 0.4) is 0 Å². The number of ketones is 1. The van der Waals surface area contributed by atoms with E-state index in [2.05, 4.69) is 35.1 Å². The van der Waals surface area contributed by atoms with E-state index in [0.29, 0.717) is 58.0 Å². The maximum atomic E-state index is 14.7. The molecule has 0 bridgehead atoms. The molecule has 2 aliphatic heterocycles. The molecule has 4 N–H and O–H groups in total. The third kappa shape index (κ3) is 8.02. The maximum absolute atomic E-state index is 14.7. The van der Waals surface area contributed by atoms with Gasteiger partial charge in [-0.1, -0.05) is 79.1 Å². The number of hydrogen-bond donors (Lipinski definition) is 4. The zero-order valence-corrected chi connectivity index (χ0v) is 31.5. The van der Waals surface area contributed by atoms with E-state index >= 15 is 0 Å². The van der Waals surface area contributed by atoms with Crippen LogP contribution in [0.25, 0.3) is 0 Å². The highest BCUT2D eigenvalue weighted by molar-refractivity contribution is 7.92. The fourth-order valence-electron chi connectivity index (χ4n) is 9.78. The Morgan fingerprint density at radius 2 is 1.54 bits per heavy atom. The molecule has 0 aromatic heterocycles. The number of fused-ring (bicyclic) bond motifs is 1. The molecule has 2 saturated heterocycles. The average molecular weight is 720 g/mol. The van der Waals surface area contributed by atoms with Crippen molar-refractivity contribution in [3.8, 4) is 0 Å². The minimum atomic E-state index is -3.34. The topological polar surface area (TPSA) is 171 Å². The molecule has 0 spiro atoms. The standard InChI is InChI=1S/C37H61N5O7S/c1-5-7-17-26(31(43)33(45)38-21-6-2)39-32(44)30-28-25(36(28,3)4)23-42(30)34(46)29(24-15-10-8-11-16-24)40-35(47)41-37(19-12-9-13-20-37)27-18-14-22-50(27,48)49/h24-30H,5-23H2,1-4H3,(H,38,45)(H,39,44)(H2,40,41,47)/t25-,26-,27+,28-,29-,30-/m0/s1. The number of nitrogens with zero attached hydrogens (tertiary/aromatic N) is 1. The quantitative estimate of drug-likeness (QED) is 0.198. The molecular weight excluding hydrogens is 659 g/mol. The Morgan fingerprint density at radius 3 is 2.16 bits per heavy atom. The zero-order chi connectivity index (χ0) is 36.3. The molecule has 5 amide bonds. The summed E-state index contributed by atoms with van der Waals surface area (Å²) in [6.45, 7) is 8.79. The predicted octanol–water partition coefficient (Wildman–Crippen LogP) is 3.77. The molecule has 0 unspecified atom stereocenters. The molecular formula is C37H61N5O7S. The van der Waals surface area contributed by atoms with Gasteiger partial charge in [-0.3, -0.25) is 19.2 Å². The van der Waals surface area contributed by atoms with Crippen molar-refractivity contribution in [2.45, 2.75) is 159 Å². The van der Waals surface area contributed by atoms with Crippen molar-refractivity contribution < 1.29 is 32.4 Å². The van der Waals surface area contributed by atoms with Crippen LogP contribution in [0.15, 0.2) is 0 Å². The molecule has 282 valence electrons. The van der Waals surface area contributed by atoms with E-state index in [-0.39, 0.29) is 34.8 Å². The van der Waals surface area contributed by atoms with E-state index in [1.807, 2.05) is 13.8 Å². The van der Waals surface area contributed by atoms with Crippen LogP contribution in [0.2, 0.25) is 0 Å². The first-order valence-corrected chi connectivity index (χ1v) is 21.2. The number of carbonyl (C=O) groups excluding carboxylic acids is 5. The number of likely N-dealkylation sites (tertiary alicyclic amines) is 1. The Kier molecular flexibility index (Phi) is 12.3. The van der Waals surface area contributed by atoms with E-state index in [1.165, 1.54) is 0 Å². The Labute approximate surface area is 298 Å². The molecule has 50 heavy (non-hydrogen) atoms. The Hall–Kier alpha value is -2.70. The molecule has 0 aromatic carbocycles. The van der Waals surface area contributed by atoms with Gasteiger partial charge in [0.25, 0.3) is 5.91 Å². The van der Waals surface area contributed by atoms with Gasteiger partial charge in [0.2, 0.25) is 17.6 Å². The van der Waals surface area contributed by atoms with Gasteiger partial charge in [-0.25, -0.2) is 13.2 Å². The highest BCUT2D eigenvalue weighted by Gasteiger charge is 2.70. The van der Waals surface area contributed by atoms with Crippen LogP contribution in [0.1, 0.15) is 130 Å². The average Bonchev–Trinajstić information content (AvgIpc) is 3.40. The van der Waals surface area contributed by atoms with Crippen molar-refractivity contribution in [3.05, 3.63) is 0 Å². The molecule has 3 aliphatic carbocycles. The number of rotatable bonds is 14. The fourth-order valence-corrected chi connectivity index (χ4v) is 12.1. The smallest absolute Gasteiger partial charge is 0.315 e. The highest BCUT2D eigenvalue weighted by Crippen LogP contribution is 2.65. The van der Waals surface area contributed by atoms with Crippen LogP contribution < -0.4 is 21.3 Å². The van der Waals surface area contributed by atoms with Gasteiger partial charge < -0.3 is 26.2 Å². The molecule has 13 heteroatoms. The minimum absolute atomic E-state index is 0.0961. The fraction of sp³-hybridized carbons (Fsp3) is 0.865. The Morgan fingerprint density at radius 1 is 0.860 bits per heavy atom. The Bertz CT molecular complexity index is 1390. The monoisotopic (exact) mass is 719 g/mol. The lowest BCUT2D eigenvalue weighted by Crippen LogP contribution is -2.64. The molecule has 3 saturated carbocycles. The van der Waals surface area contributed by atoms with E-state index < -0.39 is 62.4 Å². The second-order valence-electron chi connectivity index (χ2n) is 16.4. The van der Waals surface area contributed by atoms with Gasteiger partial charge in [-0.05, 0) is 74.5 Å². The van der Waals surface area contributed by atoms with Crippen molar-refractivity contribution in [2.75, 3.05) is 18.8 Å². The first-order chi connectivity index (χ1) is 23.8. The molecule has 0 aromatic rings. The summed E-state index contributed by atoms with van der Waals surface area (Å²) in [5, 5.41) is 11.1. The van der Waals surface area contributed by atoms with Crippen LogP contribution in [-0.4, -0.2) is 90.6 Å². The molecule has 6 atom stereocenters. The second kappa shape index (κ2) is 15.9. The van der Waals surface area contributed by atoms with E-state index in [4.69, 9.17) is 0 Å². The van der Waals surface area contributed by atoms with Gasteiger partial charge in [-0.15, -0.1) is 0 Å². The molecule has 5 fully saturated rings. The van der Waals surface area contributed by atoms with Crippen molar-refractivity contribution in [1.82, 2.24) is 26.2 Å². The summed E-state index contributed by atoms with van der Waals surface area (Å²) in [5.74, 6) is -2.13. The number of unbranched alkanes of at least 4 members (excludes halogenated alkanes) is 1. The summed E-state index contributed by atoms with van der Waals surface area (Å²) in [6, 6.07) is -3.22. The number of amides is 5. The first-order valence-electron chi connectivity index (χ1n) is 19.5. The Balaban J connectivity index is 1.37.